The Labute approximate surface area is 245 Å². The molecule has 1 aliphatic carbocycles. The van der Waals surface area contributed by atoms with Crippen LogP contribution in [0.25, 0.3) is 0 Å². The number of nitrogens with zero attached hydrogens (tertiary/aromatic N) is 2. The summed E-state index contributed by atoms with van der Waals surface area (Å²) in [5, 5.41) is 2.78. The molecule has 6 rings (SSSR count). The molecule has 8 heteroatoms. The van der Waals surface area contributed by atoms with Gasteiger partial charge in [0.15, 0.2) is 0 Å². The highest BCUT2D eigenvalue weighted by atomic mass is 16.6. The van der Waals surface area contributed by atoms with E-state index in [1.54, 1.807) is 35.0 Å². The lowest BCUT2D eigenvalue weighted by atomic mass is 9.77. The minimum absolute atomic E-state index is 0.0635. The van der Waals surface area contributed by atoms with E-state index in [1.807, 2.05) is 73.7 Å². The first-order valence-corrected chi connectivity index (χ1v) is 14.4. The zero-order valence-corrected chi connectivity index (χ0v) is 23.6. The van der Waals surface area contributed by atoms with E-state index in [2.05, 4.69) is 10.3 Å². The van der Waals surface area contributed by atoms with Crippen LogP contribution in [0.4, 0.5) is 5.82 Å². The summed E-state index contributed by atoms with van der Waals surface area (Å²) in [6, 6.07) is 29.0. The Kier molecular flexibility index (Phi) is 8.28. The van der Waals surface area contributed by atoms with Gasteiger partial charge >= 0.3 is 5.69 Å². The maximum atomic E-state index is 13.4. The Morgan fingerprint density at radius 1 is 0.976 bits per heavy atom. The molecule has 216 valence electrons. The highest BCUT2D eigenvalue weighted by molar-refractivity contribution is 6.04. The largest absolute Gasteiger partial charge is 0.374 e. The van der Waals surface area contributed by atoms with Gasteiger partial charge in [-0.05, 0) is 49.4 Å². The number of amides is 1. The van der Waals surface area contributed by atoms with E-state index in [-0.39, 0.29) is 23.7 Å². The maximum absolute atomic E-state index is 13.4. The van der Waals surface area contributed by atoms with E-state index in [1.165, 1.54) is 0 Å². The average Bonchev–Trinajstić information content (AvgIpc) is 3.18. The second-order valence-electron chi connectivity index (χ2n) is 11.1. The van der Waals surface area contributed by atoms with Gasteiger partial charge in [0.1, 0.15) is 17.6 Å². The number of aromatic nitrogens is 2. The molecule has 4 aromatic rings. The molecule has 2 aliphatic rings. The van der Waals surface area contributed by atoms with Crippen LogP contribution >= 0.6 is 0 Å². The maximum Gasteiger partial charge on any atom is 0.351 e. The number of benzene rings is 3. The van der Waals surface area contributed by atoms with Gasteiger partial charge in [0.2, 0.25) is 0 Å². The van der Waals surface area contributed by atoms with E-state index in [4.69, 9.17) is 14.2 Å². The van der Waals surface area contributed by atoms with Crippen LogP contribution in [-0.2, 0) is 27.4 Å². The van der Waals surface area contributed by atoms with Crippen LogP contribution in [0.3, 0.4) is 0 Å². The fraction of sp³-hybridized carbons (Fsp3) is 0.324. The van der Waals surface area contributed by atoms with E-state index in [0.717, 1.165) is 30.4 Å². The van der Waals surface area contributed by atoms with Crippen molar-refractivity contribution in [1.29, 1.82) is 0 Å². The van der Waals surface area contributed by atoms with Crippen molar-refractivity contribution in [1.82, 2.24) is 9.55 Å². The summed E-state index contributed by atoms with van der Waals surface area (Å²) in [7, 11) is 0. The molecule has 1 N–H and O–H groups in total. The molecule has 42 heavy (non-hydrogen) atoms. The Bertz CT molecular complexity index is 1560. The molecule has 2 bridgehead atoms. The number of anilines is 1. The van der Waals surface area contributed by atoms with Crippen molar-refractivity contribution in [3.8, 4) is 0 Å². The molecule has 1 saturated heterocycles. The third-order valence-electron chi connectivity index (χ3n) is 8.17. The van der Waals surface area contributed by atoms with Crippen molar-refractivity contribution in [2.75, 3.05) is 11.9 Å². The molecule has 0 unspecified atom stereocenters. The minimum atomic E-state index is -0.704. The van der Waals surface area contributed by atoms with E-state index < -0.39 is 17.5 Å². The zero-order chi connectivity index (χ0) is 28.9. The van der Waals surface area contributed by atoms with Crippen LogP contribution in [0, 0.1) is 12.8 Å². The van der Waals surface area contributed by atoms with Gasteiger partial charge in [-0.3, -0.25) is 9.36 Å². The number of nitrogens with one attached hydrogen (secondary N) is 1. The molecule has 8 nitrogen and oxygen atoms in total. The van der Waals surface area contributed by atoms with Gasteiger partial charge in [-0.1, -0.05) is 78.9 Å². The summed E-state index contributed by atoms with van der Waals surface area (Å²) in [5.74, 6) is -0.143. The van der Waals surface area contributed by atoms with E-state index >= 15 is 0 Å². The highest BCUT2D eigenvalue weighted by Crippen LogP contribution is 2.52. The van der Waals surface area contributed by atoms with Crippen molar-refractivity contribution in [2.45, 2.75) is 57.3 Å². The number of carbonyl (C=O) groups is 1. The number of carbonyl (C=O) groups excluding carboxylic acids is 1. The summed E-state index contributed by atoms with van der Waals surface area (Å²) >= 11 is 0. The Morgan fingerprint density at radius 2 is 1.62 bits per heavy atom. The SMILES string of the molecule is Cc1cn([C@@H]2O[C@@]3(COCc4ccccc4)CCC[C@@H]2[C@@H]3OCc2ccccc2)c(=O)nc1NC(=O)c1ccccc1. The van der Waals surface area contributed by atoms with Gasteiger partial charge in [0.25, 0.3) is 5.91 Å². The van der Waals surface area contributed by atoms with Crippen molar-refractivity contribution >= 4 is 11.7 Å². The predicted octanol–water partition coefficient (Wildman–Crippen LogP) is 5.67. The standard InChI is InChI=1S/C34H35N3O5/c1-24-20-37(33(39)36-30(24)35-31(38)27-16-9-4-10-17-27)32-28-18-11-19-34(42-32,23-40-21-25-12-5-2-6-13-25)29(28)41-22-26-14-7-3-8-15-26/h2-10,12-17,20,28-29,32H,11,18-19,21-23H2,1H3,(H,35,36,38,39)/t28-,29+,32-,34-/m1/s1. The fourth-order valence-electron chi connectivity index (χ4n) is 6.11. The average molecular weight is 566 g/mol. The molecule has 1 saturated carbocycles. The van der Waals surface area contributed by atoms with E-state index in [9.17, 15) is 9.59 Å². The smallest absolute Gasteiger partial charge is 0.351 e. The molecule has 2 fully saturated rings. The number of ether oxygens (including phenoxy) is 3. The first-order chi connectivity index (χ1) is 20.5. The predicted molar refractivity (Wildman–Crippen MR) is 159 cm³/mol. The summed E-state index contributed by atoms with van der Waals surface area (Å²) in [6.45, 7) is 3.08. The normalized spacial score (nSPS) is 23.0. The summed E-state index contributed by atoms with van der Waals surface area (Å²) in [4.78, 5) is 30.4. The van der Waals surface area contributed by atoms with Gasteiger partial charge < -0.3 is 19.5 Å². The lowest BCUT2D eigenvalue weighted by Crippen LogP contribution is -2.49. The zero-order valence-electron chi connectivity index (χ0n) is 23.6. The molecule has 4 atom stereocenters. The van der Waals surface area contributed by atoms with Gasteiger partial charge in [0, 0.05) is 23.2 Å². The molecule has 1 aliphatic heterocycles. The topological polar surface area (TPSA) is 91.7 Å². The third kappa shape index (κ3) is 5.92. The van der Waals surface area contributed by atoms with Gasteiger partial charge in [-0.2, -0.15) is 4.98 Å². The van der Waals surface area contributed by atoms with Crippen LogP contribution in [0.1, 0.15) is 52.5 Å². The monoisotopic (exact) mass is 565 g/mol. The van der Waals surface area contributed by atoms with Gasteiger partial charge in [-0.15, -0.1) is 0 Å². The van der Waals surface area contributed by atoms with Crippen molar-refractivity contribution in [3.05, 3.63) is 130 Å². The van der Waals surface area contributed by atoms with Crippen LogP contribution in [0.15, 0.2) is 102 Å². The number of hydrogen-bond donors (Lipinski definition) is 1. The number of hydrogen-bond acceptors (Lipinski definition) is 6. The first kappa shape index (κ1) is 28.0. The molecule has 3 aromatic carbocycles. The molecular weight excluding hydrogens is 530 g/mol. The van der Waals surface area contributed by atoms with Crippen LogP contribution in [0.2, 0.25) is 0 Å². The quantitative estimate of drug-likeness (QED) is 0.266. The number of rotatable bonds is 10. The van der Waals surface area contributed by atoms with Crippen LogP contribution in [-0.4, -0.2) is 33.8 Å². The number of aryl methyl sites for hydroxylation is 1. The van der Waals surface area contributed by atoms with Gasteiger partial charge in [0.05, 0.1) is 25.9 Å². The fourth-order valence-corrected chi connectivity index (χ4v) is 6.11. The van der Waals surface area contributed by atoms with Crippen LogP contribution < -0.4 is 11.0 Å². The second-order valence-corrected chi connectivity index (χ2v) is 11.1. The lowest BCUT2D eigenvalue weighted by Gasteiger charge is -2.38. The molecule has 0 spiro atoms. The van der Waals surface area contributed by atoms with Crippen molar-refractivity contribution < 1.29 is 19.0 Å². The second kappa shape index (κ2) is 12.4. The van der Waals surface area contributed by atoms with Crippen molar-refractivity contribution in [3.63, 3.8) is 0 Å². The third-order valence-corrected chi connectivity index (χ3v) is 8.17. The highest BCUT2D eigenvalue weighted by Gasteiger charge is 2.58. The number of fused-ring (bicyclic) bond motifs is 2. The minimum Gasteiger partial charge on any atom is -0.374 e. The molecular formula is C34H35N3O5. The molecule has 1 amide bonds. The Hall–Kier alpha value is -4.11. The summed E-state index contributed by atoms with van der Waals surface area (Å²) < 4.78 is 21.2. The lowest BCUT2D eigenvalue weighted by molar-refractivity contribution is -0.163. The first-order valence-electron chi connectivity index (χ1n) is 14.4. The van der Waals surface area contributed by atoms with Crippen molar-refractivity contribution in [2.24, 2.45) is 5.92 Å². The van der Waals surface area contributed by atoms with Gasteiger partial charge in [-0.25, -0.2) is 4.79 Å². The van der Waals surface area contributed by atoms with Crippen LogP contribution in [0.5, 0.6) is 0 Å². The summed E-state index contributed by atoms with van der Waals surface area (Å²) in [5.41, 5.74) is 2.13. The molecule has 1 aromatic heterocycles. The summed E-state index contributed by atoms with van der Waals surface area (Å²) in [6.07, 6.45) is 3.45. The van der Waals surface area contributed by atoms with E-state index in [0.29, 0.717) is 30.9 Å². The Balaban J connectivity index is 1.26. The molecule has 0 radical (unpaired) electrons. The Morgan fingerprint density at radius 3 is 2.31 bits per heavy atom. The molecule has 2 heterocycles.